The first-order chi connectivity index (χ1) is 13.3. The molecule has 0 radical (unpaired) electrons. The van der Waals surface area contributed by atoms with Gasteiger partial charge < -0.3 is 9.88 Å². The predicted octanol–water partition coefficient (Wildman–Crippen LogP) is 4.30. The van der Waals surface area contributed by atoms with Gasteiger partial charge >= 0.3 is 0 Å². The number of carbonyl (C=O) groups excluding carboxylic acids is 1. The predicted molar refractivity (Wildman–Crippen MR) is 104 cm³/mol. The molecule has 1 fully saturated rings. The molecule has 3 aromatic rings. The summed E-state index contributed by atoms with van der Waals surface area (Å²) in [5.74, 6) is -3.16. The van der Waals surface area contributed by atoms with Gasteiger partial charge in [-0.25, -0.2) is 8.78 Å². The van der Waals surface area contributed by atoms with E-state index in [4.69, 9.17) is 0 Å². The topological polar surface area (TPSA) is 64.8 Å². The number of nitrogens with zero attached hydrogens (tertiary/aromatic N) is 2. The van der Waals surface area contributed by atoms with E-state index in [1.165, 1.54) is 0 Å². The van der Waals surface area contributed by atoms with Crippen molar-refractivity contribution in [1.82, 2.24) is 15.2 Å². The van der Waals surface area contributed by atoms with Crippen molar-refractivity contribution >= 4 is 22.5 Å². The molecule has 5 rings (SSSR count). The van der Waals surface area contributed by atoms with Gasteiger partial charge in [0.2, 0.25) is 5.91 Å². The van der Waals surface area contributed by atoms with E-state index >= 15 is 0 Å². The van der Waals surface area contributed by atoms with Gasteiger partial charge in [-0.2, -0.15) is 5.10 Å². The van der Waals surface area contributed by atoms with Crippen molar-refractivity contribution in [2.24, 2.45) is 11.3 Å². The van der Waals surface area contributed by atoms with Gasteiger partial charge in [-0.1, -0.05) is 19.9 Å². The number of halogens is 2. The number of alkyl halides is 2. The van der Waals surface area contributed by atoms with Crippen LogP contribution in [0.2, 0.25) is 0 Å². The van der Waals surface area contributed by atoms with Gasteiger partial charge in [0.15, 0.2) is 0 Å². The third-order valence-corrected chi connectivity index (χ3v) is 6.71. The summed E-state index contributed by atoms with van der Waals surface area (Å²) < 4.78 is 28.3. The molecule has 2 aliphatic carbocycles. The quantitative estimate of drug-likeness (QED) is 0.707. The maximum atomic E-state index is 14.2. The van der Waals surface area contributed by atoms with Crippen molar-refractivity contribution in [1.29, 1.82) is 0 Å². The summed E-state index contributed by atoms with van der Waals surface area (Å²) in [6, 6.07) is 7.77. The Labute approximate surface area is 161 Å². The Morgan fingerprint density at radius 2 is 2.14 bits per heavy atom. The molecule has 0 bridgehead atoms. The van der Waals surface area contributed by atoms with Gasteiger partial charge in [-0.05, 0) is 24.6 Å². The molecule has 2 aromatic heterocycles. The van der Waals surface area contributed by atoms with Gasteiger partial charge in [0.25, 0.3) is 5.92 Å². The molecule has 28 heavy (non-hydrogen) atoms. The number of hydrogen-bond donors (Lipinski definition) is 2. The van der Waals surface area contributed by atoms with Crippen LogP contribution in [0.15, 0.2) is 24.3 Å². The average molecular weight is 384 g/mol. The van der Waals surface area contributed by atoms with Crippen LogP contribution < -0.4 is 4.90 Å². The van der Waals surface area contributed by atoms with E-state index in [1.807, 2.05) is 31.2 Å². The number of fused-ring (bicyclic) bond motifs is 3. The normalized spacial score (nSPS) is 24.7. The number of H-pyrrole nitrogens is 2. The zero-order valence-electron chi connectivity index (χ0n) is 16.1. The van der Waals surface area contributed by atoms with Crippen molar-refractivity contribution in [2.45, 2.75) is 39.0 Å². The van der Waals surface area contributed by atoms with E-state index in [1.54, 1.807) is 18.9 Å². The summed E-state index contributed by atoms with van der Waals surface area (Å²) in [4.78, 5) is 16.9. The monoisotopic (exact) mass is 384 g/mol. The fourth-order valence-corrected chi connectivity index (χ4v) is 4.66. The van der Waals surface area contributed by atoms with Gasteiger partial charge in [0, 0.05) is 59.1 Å². The second-order valence-corrected chi connectivity index (χ2v) is 8.26. The van der Waals surface area contributed by atoms with Crippen molar-refractivity contribution < 1.29 is 13.6 Å². The molecule has 2 aliphatic rings. The zero-order valence-corrected chi connectivity index (χ0v) is 16.1. The van der Waals surface area contributed by atoms with Crippen LogP contribution in [0.3, 0.4) is 0 Å². The number of aromatic nitrogens is 3. The number of benzene rings is 1. The van der Waals surface area contributed by atoms with E-state index < -0.39 is 17.3 Å². The summed E-state index contributed by atoms with van der Waals surface area (Å²) in [7, 11) is 1.76. The molecule has 5 nitrogen and oxygen atoms in total. The summed E-state index contributed by atoms with van der Waals surface area (Å²) in [5, 5.41) is 8.41. The minimum Gasteiger partial charge on any atom is -0.353 e. The molecule has 0 saturated heterocycles. The SMILES string of the molecule is CCC(=O)N(C)c1ccc2cc(-c3n[nH]c4c3CC3C(F)(F)C3(C)C4)[nH]c2c1. The molecule has 0 spiro atoms. The van der Waals surface area contributed by atoms with Gasteiger partial charge in [-0.15, -0.1) is 0 Å². The summed E-state index contributed by atoms with van der Waals surface area (Å²) in [6.07, 6.45) is 1.12. The van der Waals surface area contributed by atoms with Crippen LogP contribution in [-0.4, -0.2) is 34.1 Å². The standard InChI is InChI=1S/C21H22F2N4O/c1-4-18(28)27(3)12-6-5-11-7-15(24-14(11)8-12)19-13-9-17-20(2,21(17,22)23)10-16(13)25-26-19/h5-8,17,24H,4,9-10H2,1-3H3,(H,25,26). The van der Waals surface area contributed by atoms with Crippen LogP contribution in [0.25, 0.3) is 22.3 Å². The number of hydrogen-bond acceptors (Lipinski definition) is 2. The highest BCUT2D eigenvalue weighted by atomic mass is 19.3. The second-order valence-electron chi connectivity index (χ2n) is 8.26. The molecule has 2 N–H and O–H groups in total. The third-order valence-electron chi connectivity index (χ3n) is 6.71. The smallest absolute Gasteiger partial charge is 0.258 e. The van der Waals surface area contributed by atoms with Crippen LogP contribution >= 0.6 is 0 Å². The van der Waals surface area contributed by atoms with E-state index in [-0.39, 0.29) is 5.91 Å². The Morgan fingerprint density at radius 3 is 2.89 bits per heavy atom. The van der Waals surface area contributed by atoms with Crippen LogP contribution in [0.1, 0.15) is 31.5 Å². The molecule has 2 atom stereocenters. The fraction of sp³-hybridized carbons (Fsp3) is 0.429. The van der Waals surface area contributed by atoms with Crippen molar-refractivity contribution in [3.63, 3.8) is 0 Å². The molecule has 7 heteroatoms. The van der Waals surface area contributed by atoms with Crippen molar-refractivity contribution in [2.75, 3.05) is 11.9 Å². The number of anilines is 1. The molecule has 2 heterocycles. The number of amides is 1. The Kier molecular flexibility index (Phi) is 3.37. The first-order valence-electron chi connectivity index (χ1n) is 9.60. The first kappa shape index (κ1) is 17.4. The van der Waals surface area contributed by atoms with E-state index in [0.29, 0.717) is 19.3 Å². The largest absolute Gasteiger partial charge is 0.353 e. The molecule has 2 unspecified atom stereocenters. The number of carbonyl (C=O) groups is 1. The highest BCUT2D eigenvalue weighted by Crippen LogP contribution is 2.70. The molecule has 0 aliphatic heterocycles. The molecular weight excluding hydrogens is 362 g/mol. The Hall–Kier alpha value is -2.70. The minimum atomic E-state index is -2.60. The van der Waals surface area contributed by atoms with E-state index in [0.717, 1.165) is 39.2 Å². The molecule has 1 aromatic carbocycles. The van der Waals surface area contributed by atoms with E-state index in [9.17, 15) is 13.6 Å². The maximum Gasteiger partial charge on any atom is 0.258 e. The average Bonchev–Trinajstić information content (AvgIpc) is 3.09. The maximum absolute atomic E-state index is 14.2. The number of nitrogens with one attached hydrogen (secondary N) is 2. The van der Waals surface area contributed by atoms with Crippen LogP contribution in [0.5, 0.6) is 0 Å². The third kappa shape index (κ3) is 2.16. The molecule has 1 saturated carbocycles. The summed E-state index contributed by atoms with van der Waals surface area (Å²) in [6.45, 7) is 3.50. The van der Waals surface area contributed by atoms with Gasteiger partial charge in [0.1, 0.15) is 5.69 Å². The van der Waals surface area contributed by atoms with Crippen LogP contribution in [0, 0.1) is 11.3 Å². The minimum absolute atomic E-state index is 0.0425. The summed E-state index contributed by atoms with van der Waals surface area (Å²) in [5.41, 5.74) is 4.00. The lowest BCUT2D eigenvalue weighted by Crippen LogP contribution is -2.24. The highest BCUT2D eigenvalue weighted by Gasteiger charge is 2.78. The molecule has 1 amide bonds. The Bertz CT molecular complexity index is 1120. The lowest BCUT2D eigenvalue weighted by molar-refractivity contribution is -0.118. The lowest BCUT2D eigenvalue weighted by Gasteiger charge is -2.16. The van der Waals surface area contributed by atoms with Crippen molar-refractivity contribution in [3.8, 4) is 11.4 Å². The Balaban J connectivity index is 1.51. The van der Waals surface area contributed by atoms with Gasteiger partial charge in [-0.3, -0.25) is 9.89 Å². The fourth-order valence-electron chi connectivity index (χ4n) is 4.66. The molecular formula is C21H22F2N4O. The van der Waals surface area contributed by atoms with Crippen LogP contribution in [0.4, 0.5) is 14.5 Å². The number of rotatable bonds is 3. The first-order valence-corrected chi connectivity index (χ1v) is 9.60. The highest BCUT2D eigenvalue weighted by molar-refractivity contribution is 5.96. The van der Waals surface area contributed by atoms with Crippen LogP contribution in [-0.2, 0) is 17.6 Å². The Morgan fingerprint density at radius 1 is 1.36 bits per heavy atom. The summed E-state index contributed by atoms with van der Waals surface area (Å²) >= 11 is 0. The molecule has 146 valence electrons. The van der Waals surface area contributed by atoms with E-state index in [2.05, 4.69) is 15.2 Å². The zero-order chi connectivity index (χ0) is 19.8. The lowest BCUT2D eigenvalue weighted by atomic mass is 9.87. The number of aromatic amines is 2. The second kappa shape index (κ2) is 5.43. The van der Waals surface area contributed by atoms with Gasteiger partial charge in [0.05, 0.1) is 5.69 Å². The van der Waals surface area contributed by atoms with Crippen molar-refractivity contribution in [3.05, 3.63) is 35.5 Å².